The predicted octanol–water partition coefficient (Wildman–Crippen LogP) is 1.78. The van der Waals surface area contributed by atoms with Crippen molar-refractivity contribution in [1.82, 2.24) is 19.4 Å². The van der Waals surface area contributed by atoms with Crippen molar-refractivity contribution in [3.05, 3.63) is 54.7 Å². The molecule has 0 saturated carbocycles. The van der Waals surface area contributed by atoms with Gasteiger partial charge in [-0.15, -0.1) is 0 Å². The second-order valence-corrected chi connectivity index (χ2v) is 3.95. The molecule has 0 atom stereocenters. The molecule has 1 N–H and O–H groups in total. The molecule has 0 unspecified atom stereocenters. The van der Waals surface area contributed by atoms with Crippen LogP contribution in [0.4, 0.5) is 5.95 Å². The lowest BCUT2D eigenvalue weighted by molar-refractivity contribution is 0.955. The second-order valence-electron chi connectivity index (χ2n) is 3.95. The number of fused-ring (bicyclic) bond motifs is 1. The lowest BCUT2D eigenvalue weighted by Gasteiger charge is -2.01. The number of aromatic nitrogens is 4. The molecule has 3 heterocycles. The molecule has 3 rings (SSSR count). The number of hydrogen-bond donors (Lipinski definition) is 1. The molecule has 0 fully saturated rings. The zero-order valence-corrected chi connectivity index (χ0v) is 9.82. The Kier molecular flexibility index (Phi) is 2.87. The van der Waals surface area contributed by atoms with Gasteiger partial charge < -0.3 is 9.72 Å². The van der Waals surface area contributed by atoms with E-state index < -0.39 is 0 Å². The smallest absolute Gasteiger partial charge is 0.222 e. The van der Waals surface area contributed by atoms with Gasteiger partial charge in [-0.3, -0.25) is 0 Å². The minimum Gasteiger partial charge on any atom is -0.354 e. The van der Waals surface area contributed by atoms with Crippen LogP contribution in [0.2, 0.25) is 0 Å². The molecule has 5 heteroatoms. The summed E-state index contributed by atoms with van der Waals surface area (Å²) in [6.07, 6.45) is 8.34. The number of imidazole rings is 1. The van der Waals surface area contributed by atoms with Crippen LogP contribution >= 0.6 is 0 Å². The molecule has 18 heavy (non-hydrogen) atoms. The van der Waals surface area contributed by atoms with Gasteiger partial charge in [-0.2, -0.15) is 0 Å². The molecule has 0 spiro atoms. The maximum absolute atomic E-state index is 4.53. The van der Waals surface area contributed by atoms with Gasteiger partial charge in [0.1, 0.15) is 5.65 Å². The van der Waals surface area contributed by atoms with Gasteiger partial charge in [0, 0.05) is 37.8 Å². The molecule has 0 bridgehead atoms. The summed E-state index contributed by atoms with van der Waals surface area (Å²) in [6, 6.07) is 7.78. The minimum atomic E-state index is 0.654. The Bertz CT molecular complexity index is 599. The summed E-state index contributed by atoms with van der Waals surface area (Å²) in [5.41, 5.74) is 2.04. The van der Waals surface area contributed by atoms with Crippen LogP contribution in [0.3, 0.4) is 0 Å². The molecule has 90 valence electrons. The van der Waals surface area contributed by atoms with Crippen molar-refractivity contribution in [3.63, 3.8) is 0 Å². The molecule has 0 radical (unpaired) electrons. The van der Waals surface area contributed by atoms with Gasteiger partial charge in [0.2, 0.25) is 5.95 Å². The standard InChI is InChI=1S/C13H13N5/c1-2-9-18-10-11(17-12(18)4-1)5-8-16-13-14-6-3-7-15-13/h1-4,6-7,9-10H,5,8H2,(H,14,15,16). The number of nitrogens with one attached hydrogen (secondary N) is 1. The van der Waals surface area contributed by atoms with Crippen LogP contribution in [0.15, 0.2) is 49.1 Å². The van der Waals surface area contributed by atoms with Crippen molar-refractivity contribution in [1.29, 1.82) is 0 Å². The summed E-state index contributed by atoms with van der Waals surface area (Å²) >= 11 is 0. The first kappa shape index (κ1) is 10.7. The highest BCUT2D eigenvalue weighted by Crippen LogP contribution is 2.05. The Morgan fingerprint density at radius 1 is 1.11 bits per heavy atom. The van der Waals surface area contributed by atoms with Crippen LogP contribution in [0.1, 0.15) is 5.69 Å². The minimum absolute atomic E-state index is 0.654. The van der Waals surface area contributed by atoms with E-state index in [4.69, 9.17) is 0 Å². The van der Waals surface area contributed by atoms with Crippen LogP contribution in [-0.4, -0.2) is 25.9 Å². The van der Waals surface area contributed by atoms with E-state index in [0.29, 0.717) is 5.95 Å². The summed E-state index contributed by atoms with van der Waals surface area (Å²) in [4.78, 5) is 12.7. The lowest BCUT2D eigenvalue weighted by atomic mass is 10.3. The van der Waals surface area contributed by atoms with Crippen LogP contribution < -0.4 is 5.32 Å². The molecule has 0 aliphatic rings. The van der Waals surface area contributed by atoms with E-state index in [9.17, 15) is 0 Å². The fraction of sp³-hybridized carbons (Fsp3) is 0.154. The third kappa shape index (κ3) is 2.29. The highest BCUT2D eigenvalue weighted by Gasteiger charge is 2.00. The Labute approximate surface area is 105 Å². The fourth-order valence-corrected chi connectivity index (χ4v) is 1.80. The molecular weight excluding hydrogens is 226 g/mol. The van der Waals surface area contributed by atoms with Crippen molar-refractivity contribution in [3.8, 4) is 0 Å². The zero-order valence-electron chi connectivity index (χ0n) is 9.82. The van der Waals surface area contributed by atoms with Crippen molar-refractivity contribution in [2.75, 3.05) is 11.9 Å². The van der Waals surface area contributed by atoms with Crippen molar-refractivity contribution in [2.24, 2.45) is 0 Å². The average molecular weight is 239 g/mol. The quantitative estimate of drug-likeness (QED) is 0.754. The summed E-state index contributed by atoms with van der Waals surface area (Å²) in [7, 11) is 0. The molecule has 0 amide bonds. The number of hydrogen-bond acceptors (Lipinski definition) is 4. The van der Waals surface area contributed by atoms with Gasteiger partial charge in [0.05, 0.1) is 5.69 Å². The molecule has 0 aromatic carbocycles. The van der Waals surface area contributed by atoms with E-state index in [1.807, 2.05) is 35.0 Å². The first-order valence-corrected chi connectivity index (χ1v) is 5.85. The van der Waals surface area contributed by atoms with E-state index in [1.54, 1.807) is 18.5 Å². The number of rotatable bonds is 4. The van der Waals surface area contributed by atoms with E-state index in [0.717, 1.165) is 24.3 Å². The van der Waals surface area contributed by atoms with Crippen LogP contribution in [-0.2, 0) is 6.42 Å². The van der Waals surface area contributed by atoms with Crippen LogP contribution in [0.5, 0.6) is 0 Å². The highest BCUT2D eigenvalue weighted by molar-refractivity contribution is 5.39. The summed E-state index contributed by atoms with van der Waals surface area (Å²) in [6.45, 7) is 0.772. The maximum atomic E-state index is 4.53. The van der Waals surface area contributed by atoms with Gasteiger partial charge in [-0.25, -0.2) is 15.0 Å². The Hall–Kier alpha value is -2.43. The summed E-state index contributed by atoms with van der Waals surface area (Å²) < 4.78 is 2.02. The molecule has 3 aromatic rings. The molecular formula is C13H13N5. The van der Waals surface area contributed by atoms with E-state index in [1.165, 1.54) is 0 Å². The maximum Gasteiger partial charge on any atom is 0.222 e. The highest BCUT2D eigenvalue weighted by atomic mass is 15.1. The fourth-order valence-electron chi connectivity index (χ4n) is 1.80. The van der Waals surface area contributed by atoms with Crippen molar-refractivity contribution >= 4 is 11.6 Å². The monoisotopic (exact) mass is 239 g/mol. The van der Waals surface area contributed by atoms with Crippen molar-refractivity contribution in [2.45, 2.75) is 6.42 Å². The number of pyridine rings is 1. The van der Waals surface area contributed by atoms with Crippen molar-refractivity contribution < 1.29 is 0 Å². The lowest BCUT2D eigenvalue weighted by Crippen LogP contribution is -2.07. The normalized spacial score (nSPS) is 10.7. The third-order valence-electron chi connectivity index (χ3n) is 2.64. The predicted molar refractivity (Wildman–Crippen MR) is 69.4 cm³/mol. The average Bonchev–Trinajstić information content (AvgIpc) is 2.82. The van der Waals surface area contributed by atoms with Crippen LogP contribution in [0, 0.1) is 0 Å². The van der Waals surface area contributed by atoms with Crippen LogP contribution in [0.25, 0.3) is 5.65 Å². The van der Waals surface area contributed by atoms with Gasteiger partial charge in [-0.05, 0) is 18.2 Å². The second kappa shape index (κ2) is 4.83. The van der Waals surface area contributed by atoms with Gasteiger partial charge in [0.25, 0.3) is 0 Å². The zero-order chi connectivity index (χ0) is 12.2. The SMILES string of the molecule is c1cnc(NCCc2cn3ccccc3n2)nc1. The number of anilines is 1. The Morgan fingerprint density at radius 3 is 2.83 bits per heavy atom. The summed E-state index contributed by atoms with van der Waals surface area (Å²) in [5, 5.41) is 3.17. The summed E-state index contributed by atoms with van der Waals surface area (Å²) in [5.74, 6) is 0.654. The molecule has 0 aliphatic heterocycles. The molecule has 3 aromatic heterocycles. The Morgan fingerprint density at radius 2 is 2.00 bits per heavy atom. The molecule has 5 nitrogen and oxygen atoms in total. The first-order chi connectivity index (χ1) is 8.92. The van der Waals surface area contributed by atoms with E-state index in [-0.39, 0.29) is 0 Å². The molecule has 0 saturated heterocycles. The topological polar surface area (TPSA) is 55.1 Å². The first-order valence-electron chi connectivity index (χ1n) is 5.85. The van der Waals surface area contributed by atoms with Gasteiger partial charge >= 0.3 is 0 Å². The van der Waals surface area contributed by atoms with E-state index >= 15 is 0 Å². The van der Waals surface area contributed by atoms with Gasteiger partial charge in [0.15, 0.2) is 0 Å². The largest absolute Gasteiger partial charge is 0.354 e. The van der Waals surface area contributed by atoms with Gasteiger partial charge in [-0.1, -0.05) is 6.07 Å². The third-order valence-corrected chi connectivity index (χ3v) is 2.64. The Balaban J connectivity index is 1.63. The molecule has 0 aliphatic carbocycles. The van der Waals surface area contributed by atoms with E-state index in [2.05, 4.69) is 20.3 Å². The number of nitrogens with zero attached hydrogens (tertiary/aromatic N) is 4.